The Morgan fingerprint density at radius 3 is 2.56 bits per heavy atom. The molecule has 166 valence electrons. The molecule has 0 radical (unpaired) electrons. The molecule has 4 rings (SSSR count). The maximum atomic E-state index is 13.9. The standard InChI is InChI=1S/C23H20ClFN2O3S2/c24-17-7-5-16(6-8-17)15-31-12-11-26-23(28)14-27-21-10-9-18(25)13-20(21)19-3-1-2-4-22(19)32(27,29)30/h1-10,13H,11-12,14-15H2,(H,26,28). The zero-order chi connectivity index (χ0) is 22.7. The van der Waals surface area contributed by atoms with Crippen LogP contribution in [0, 0.1) is 5.82 Å². The Hall–Kier alpha value is -2.55. The van der Waals surface area contributed by atoms with Gasteiger partial charge in [-0.3, -0.25) is 9.10 Å². The number of anilines is 1. The van der Waals surface area contributed by atoms with E-state index < -0.39 is 21.7 Å². The van der Waals surface area contributed by atoms with Crippen molar-refractivity contribution < 1.29 is 17.6 Å². The molecule has 0 spiro atoms. The molecule has 3 aromatic carbocycles. The van der Waals surface area contributed by atoms with Crippen LogP contribution in [0.1, 0.15) is 5.56 Å². The summed E-state index contributed by atoms with van der Waals surface area (Å²) in [5.41, 5.74) is 2.30. The second-order valence-corrected chi connectivity index (χ2v) is 10.6. The van der Waals surface area contributed by atoms with E-state index in [1.54, 1.807) is 30.0 Å². The van der Waals surface area contributed by atoms with E-state index in [1.165, 1.54) is 24.3 Å². The van der Waals surface area contributed by atoms with Crippen molar-refractivity contribution >= 4 is 45.0 Å². The molecular formula is C23H20ClFN2O3S2. The number of rotatable bonds is 7. The van der Waals surface area contributed by atoms with Crippen molar-refractivity contribution in [2.24, 2.45) is 0 Å². The molecule has 1 amide bonds. The minimum absolute atomic E-state index is 0.0596. The van der Waals surface area contributed by atoms with E-state index in [0.29, 0.717) is 28.4 Å². The van der Waals surface area contributed by atoms with Gasteiger partial charge in [-0.2, -0.15) is 11.8 Å². The molecule has 0 saturated carbocycles. The Morgan fingerprint density at radius 2 is 1.78 bits per heavy atom. The summed E-state index contributed by atoms with van der Waals surface area (Å²) in [6, 6.07) is 17.9. The summed E-state index contributed by atoms with van der Waals surface area (Å²) >= 11 is 7.53. The van der Waals surface area contributed by atoms with E-state index in [0.717, 1.165) is 15.6 Å². The summed E-state index contributed by atoms with van der Waals surface area (Å²) in [5.74, 6) is 0.560. The first kappa shape index (κ1) is 22.6. The SMILES string of the molecule is O=C(CN1c2ccc(F)cc2-c2ccccc2S1(=O)=O)NCCSCc1ccc(Cl)cc1. The van der Waals surface area contributed by atoms with Crippen LogP contribution < -0.4 is 9.62 Å². The van der Waals surface area contributed by atoms with Gasteiger partial charge in [-0.1, -0.05) is 41.9 Å². The van der Waals surface area contributed by atoms with Crippen LogP contribution in [-0.4, -0.2) is 33.2 Å². The molecule has 5 nitrogen and oxygen atoms in total. The van der Waals surface area contributed by atoms with Crippen LogP contribution in [0.15, 0.2) is 71.6 Å². The number of benzene rings is 3. The molecule has 0 atom stereocenters. The normalized spacial score (nSPS) is 13.9. The second kappa shape index (κ2) is 9.52. The molecule has 0 unspecified atom stereocenters. The summed E-state index contributed by atoms with van der Waals surface area (Å²) in [6.45, 7) is 0.0228. The molecule has 1 aliphatic heterocycles. The predicted octanol–water partition coefficient (Wildman–Crippen LogP) is 4.70. The minimum atomic E-state index is -3.94. The van der Waals surface area contributed by atoms with E-state index in [1.807, 2.05) is 24.3 Å². The van der Waals surface area contributed by atoms with Crippen molar-refractivity contribution in [2.75, 3.05) is 23.1 Å². The fraction of sp³-hybridized carbons (Fsp3) is 0.174. The van der Waals surface area contributed by atoms with Crippen molar-refractivity contribution in [1.82, 2.24) is 5.32 Å². The first-order valence-corrected chi connectivity index (χ1v) is 12.8. The van der Waals surface area contributed by atoms with Gasteiger partial charge in [0, 0.05) is 34.2 Å². The molecule has 0 saturated heterocycles. The number of hydrogen-bond donors (Lipinski definition) is 1. The monoisotopic (exact) mass is 490 g/mol. The van der Waals surface area contributed by atoms with Gasteiger partial charge in [-0.05, 0) is 42.0 Å². The highest BCUT2D eigenvalue weighted by Gasteiger charge is 2.35. The van der Waals surface area contributed by atoms with Crippen LogP contribution in [0.5, 0.6) is 0 Å². The first-order chi connectivity index (χ1) is 15.4. The van der Waals surface area contributed by atoms with Crippen molar-refractivity contribution in [2.45, 2.75) is 10.6 Å². The molecular weight excluding hydrogens is 471 g/mol. The van der Waals surface area contributed by atoms with Crippen LogP contribution in [-0.2, 0) is 20.6 Å². The molecule has 0 aromatic heterocycles. The van der Waals surface area contributed by atoms with Crippen LogP contribution in [0.25, 0.3) is 11.1 Å². The molecule has 3 aromatic rings. The number of halogens is 2. The fourth-order valence-corrected chi connectivity index (χ4v) is 6.09. The van der Waals surface area contributed by atoms with Gasteiger partial charge in [0.15, 0.2) is 0 Å². The quantitative estimate of drug-likeness (QED) is 0.487. The molecule has 0 aliphatic carbocycles. The Kier molecular flexibility index (Phi) is 6.74. The lowest BCUT2D eigenvalue weighted by Crippen LogP contribution is -2.43. The van der Waals surface area contributed by atoms with Crippen LogP contribution in [0.4, 0.5) is 10.1 Å². The van der Waals surface area contributed by atoms with E-state index in [-0.39, 0.29) is 17.1 Å². The van der Waals surface area contributed by atoms with Gasteiger partial charge in [0.1, 0.15) is 12.4 Å². The number of nitrogens with one attached hydrogen (secondary N) is 1. The minimum Gasteiger partial charge on any atom is -0.354 e. The lowest BCUT2D eigenvalue weighted by molar-refractivity contribution is -0.119. The molecule has 1 aliphatic rings. The van der Waals surface area contributed by atoms with Gasteiger partial charge in [0.05, 0.1) is 10.6 Å². The molecule has 0 bridgehead atoms. The zero-order valence-electron chi connectivity index (χ0n) is 16.9. The van der Waals surface area contributed by atoms with Gasteiger partial charge < -0.3 is 5.32 Å². The predicted molar refractivity (Wildman–Crippen MR) is 127 cm³/mol. The summed E-state index contributed by atoms with van der Waals surface area (Å²) in [4.78, 5) is 12.6. The van der Waals surface area contributed by atoms with Gasteiger partial charge in [0.25, 0.3) is 10.0 Å². The summed E-state index contributed by atoms with van der Waals surface area (Å²) in [5, 5.41) is 3.45. The summed E-state index contributed by atoms with van der Waals surface area (Å²) in [6.07, 6.45) is 0. The number of nitrogens with zero attached hydrogens (tertiary/aromatic N) is 1. The van der Waals surface area contributed by atoms with Gasteiger partial charge in [-0.15, -0.1) is 0 Å². The Labute approximate surface area is 195 Å². The number of amides is 1. The second-order valence-electron chi connectivity index (χ2n) is 7.20. The highest BCUT2D eigenvalue weighted by Crippen LogP contribution is 2.42. The Balaban J connectivity index is 1.41. The average molecular weight is 491 g/mol. The van der Waals surface area contributed by atoms with Crippen molar-refractivity contribution in [1.29, 1.82) is 0 Å². The van der Waals surface area contributed by atoms with Gasteiger partial charge in [-0.25, -0.2) is 12.8 Å². The van der Waals surface area contributed by atoms with Gasteiger partial charge >= 0.3 is 0 Å². The third-order valence-corrected chi connectivity index (χ3v) is 8.11. The number of hydrogen-bond acceptors (Lipinski definition) is 4. The van der Waals surface area contributed by atoms with E-state index in [4.69, 9.17) is 11.6 Å². The smallest absolute Gasteiger partial charge is 0.265 e. The highest BCUT2D eigenvalue weighted by molar-refractivity contribution is 7.98. The van der Waals surface area contributed by atoms with E-state index in [9.17, 15) is 17.6 Å². The number of carbonyl (C=O) groups excluding carboxylic acids is 1. The van der Waals surface area contributed by atoms with Crippen molar-refractivity contribution in [3.8, 4) is 11.1 Å². The summed E-state index contributed by atoms with van der Waals surface area (Å²) < 4.78 is 41.3. The van der Waals surface area contributed by atoms with E-state index in [2.05, 4.69) is 5.32 Å². The Morgan fingerprint density at radius 1 is 1.03 bits per heavy atom. The number of carbonyl (C=O) groups is 1. The number of sulfonamides is 1. The van der Waals surface area contributed by atoms with Crippen LogP contribution in [0.3, 0.4) is 0 Å². The lowest BCUT2D eigenvalue weighted by atomic mass is 10.0. The molecule has 32 heavy (non-hydrogen) atoms. The van der Waals surface area contributed by atoms with Gasteiger partial charge in [0.2, 0.25) is 5.91 Å². The number of thioether (sulfide) groups is 1. The molecule has 1 N–H and O–H groups in total. The third-order valence-electron chi connectivity index (χ3n) is 5.01. The first-order valence-electron chi connectivity index (χ1n) is 9.87. The number of fused-ring (bicyclic) bond motifs is 3. The summed E-state index contributed by atoms with van der Waals surface area (Å²) in [7, 11) is -3.94. The van der Waals surface area contributed by atoms with E-state index >= 15 is 0 Å². The third kappa shape index (κ3) is 4.77. The van der Waals surface area contributed by atoms with Crippen LogP contribution in [0.2, 0.25) is 5.02 Å². The van der Waals surface area contributed by atoms with Crippen molar-refractivity contribution in [3.05, 3.63) is 83.1 Å². The maximum Gasteiger partial charge on any atom is 0.265 e. The topological polar surface area (TPSA) is 66.5 Å². The fourth-order valence-electron chi connectivity index (χ4n) is 3.49. The molecule has 1 heterocycles. The van der Waals surface area contributed by atoms with Crippen molar-refractivity contribution in [3.63, 3.8) is 0 Å². The maximum absolute atomic E-state index is 13.9. The average Bonchev–Trinajstić information content (AvgIpc) is 2.78. The molecule has 9 heteroatoms. The zero-order valence-corrected chi connectivity index (χ0v) is 19.3. The lowest BCUT2D eigenvalue weighted by Gasteiger charge is -2.31. The highest BCUT2D eigenvalue weighted by atomic mass is 35.5. The van der Waals surface area contributed by atoms with Crippen LogP contribution >= 0.6 is 23.4 Å². The Bertz CT molecular complexity index is 1250. The largest absolute Gasteiger partial charge is 0.354 e. The molecule has 0 fully saturated rings.